The van der Waals surface area contributed by atoms with Gasteiger partial charge in [0.2, 0.25) is 11.1 Å². The number of nitrogens with two attached hydrogens (primary N) is 1. The van der Waals surface area contributed by atoms with Gasteiger partial charge in [0.05, 0.1) is 0 Å². The van der Waals surface area contributed by atoms with Crippen LogP contribution in [0.1, 0.15) is 27.2 Å². The van der Waals surface area contributed by atoms with E-state index in [2.05, 4.69) is 35.4 Å². The van der Waals surface area contributed by atoms with Crippen molar-refractivity contribution in [1.82, 2.24) is 9.36 Å². The molecule has 4 nitrogen and oxygen atoms in total. The van der Waals surface area contributed by atoms with Gasteiger partial charge < -0.3 is 11.1 Å². The van der Waals surface area contributed by atoms with E-state index in [0.29, 0.717) is 17.9 Å². The van der Waals surface area contributed by atoms with Crippen LogP contribution in [-0.2, 0) is 0 Å². The van der Waals surface area contributed by atoms with E-state index < -0.39 is 0 Å². The smallest absolute Gasteiger partial charge is 0.233 e. The maximum absolute atomic E-state index is 5.42. The standard InChI is InChI=1S/C8H16N4S/c1-4-6(5(2)3)10-8-11-7(9)12-13-8/h5-6H,4H2,1-3H3,(H3,9,10,11,12). The molecule has 1 aromatic rings. The van der Waals surface area contributed by atoms with Gasteiger partial charge in [-0.05, 0) is 12.3 Å². The molecule has 0 saturated heterocycles. The summed E-state index contributed by atoms with van der Waals surface area (Å²) in [5.74, 6) is 0.946. The Morgan fingerprint density at radius 1 is 1.54 bits per heavy atom. The van der Waals surface area contributed by atoms with Gasteiger partial charge in [-0.2, -0.15) is 9.36 Å². The molecule has 5 heteroatoms. The molecule has 0 bridgehead atoms. The summed E-state index contributed by atoms with van der Waals surface area (Å²) in [6, 6.07) is 0.451. The molecule has 0 saturated carbocycles. The van der Waals surface area contributed by atoms with Crippen LogP contribution in [0, 0.1) is 5.92 Å². The first-order valence-corrected chi connectivity index (χ1v) is 5.26. The maximum atomic E-state index is 5.42. The minimum absolute atomic E-state index is 0.353. The molecule has 0 fully saturated rings. The van der Waals surface area contributed by atoms with Crippen molar-refractivity contribution in [1.29, 1.82) is 0 Å². The van der Waals surface area contributed by atoms with E-state index in [0.717, 1.165) is 11.6 Å². The fourth-order valence-corrected chi connectivity index (χ4v) is 1.75. The molecule has 3 N–H and O–H groups in total. The Labute approximate surface area is 82.7 Å². The number of nitrogen functional groups attached to an aromatic ring is 1. The van der Waals surface area contributed by atoms with Crippen molar-refractivity contribution in [3.63, 3.8) is 0 Å². The van der Waals surface area contributed by atoms with Crippen molar-refractivity contribution in [2.24, 2.45) is 5.92 Å². The zero-order valence-corrected chi connectivity index (χ0v) is 9.06. The van der Waals surface area contributed by atoms with Crippen LogP contribution in [0.3, 0.4) is 0 Å². The lowest BCUT2D eigenvalue weighted by molar-refractivity contribution is 0.511. The quantitative estimate of drug-likeness (QED) is 0.780. The molecule has 0 aliphatic rings. The number of rotatable bonds is 4. The summed E-state index contributed by atoms with van der Waals surface area (Å²) in [5.41, 5.74) is 5.42. The summed E-state index contributed by atoms with van der Waals surface area (Å²) in [5, 5.41) is 4.13. The molecule has 1 unspecified atom stereocenters. The van der Waals surface area contributed by atoms with Crippen molar-refractivity contribution in [3.05, 3.63) is 0 Å². The van der Waals surface area contributed by atoms with Crippen LogP contribution in [0.15, 0.2) is 0 Å². The van der Waals surface area contributed by atoms with Gasteiger partial charge in [-0.3, -0.25) is 0 Å². The summed E-state index contributed by atoms with van der Waals surface area (Å²) in [6.07, 6.45) is 1.08. The highest BCUT2D eigenvalue weighted by molar-refractivity contribution is 7.09. The van der Waals surface area contributed by atoms with Crippen LogP contribution < -0.4 is 11.1 Å². The first kappa shape index (κ1) is 10.2. The van der Waals surface area contributed by atoms with Gasteiger partial charge in [-0.25, -0.2) is 0 Å². The fourth-order valence-electron chi connectivity index (χ4n) is 1.19. The highest BCUT2D eigenvalue weighted by Gasteiger charge is 2.12. The third-order valence-corrected chi connectivity index (χ3v) is 2.66. The third kappa shape index (κ3) is 2.84. The molecule has 0 radical (unpaired) electrons. The summed E-state index contributed by atoms with van der Waals surface area (Å²) < 4.78 is 3.91. The molecule has 1 atom stereocenters. The largest absolute Gasteiger partial charge is 0.367 e. The zero-order chi connectivity index (χ0) is 9.84. The van der Waals surface area contributed by atoms with Crippen LogP contribution in [0.4, 0.5) is 11.1 Å². The topological polar surface area (TPSA) is 63.8 Å². The number of anilines is 2. The molecule has 0 amide bonds. The lowest BCUT2D eigenvalue weighted by atomic mass is 10.0. The lowest BCUT2D eigenvalue weighted by Gasteiger charge is -2.19. The Kier molecular flexibility index (Phi) is 3.48. The molecule has 74 valence electrons. The SMILES string of the molecule is CCC(Nc1nc(N)ns1)C(C)C. The number of aromatic nitrogens is 2. The predicted molar refractivity (Wildman–Crippen MR) is 56.9 cm³/mol. The molecular weight excluding hydrogens is 184 g/mol. The Hall–Kier alpha value is -0.840. The highest BCUT2D eigenvalue weighted by Crippen LogP contribution is 2.17. The van der Waals surface area contributed by atoms with Crippen molar-refractivity contribution >= 4 is 22.6 Å². The van der Waals surface area contributed by atoms with Crippen LogP contribution in [0.5, 0.6) is 0 Å². The van der Waals surface area contributed by atoms with Crippen molar-refractivity contribution in [2.45, 2.75) is 33.2 Å². The number of nitrogens with one attached hydrogen (secondary N) is 1. The number of hydrogen-bond acceptors (Lipinski definition) is 5. The second-order valence-corrected chi connectivity index (χ2v) is 4.11. The first-order chi connectivity index (χ1) is 6.13. The Morgan fingerprint density at radius 3 is 2.62 bits per heavy atom. The van der Waals surface area contributed by atoms with Crippen LogP contribution in [-0.4, -0.2) is 15.4 Å². The van der Waals surface area contributed by atoms with Crippen LogP contribution >= 0.6 is 11.5 Å². The second-order valence-electron chi connectivity index (χ2n) is 3.36. The minimum Gasteiger partial charge on any atom is -0.367 e. The van der Waals surface area contributed by atoms with Crippen molar-refractivity contribution in [2.75, 3.05) is 11.1 Å². The zero-order valence-electron chi connectivity index (χ0n) is 8.24. The molecular formula is C8H16N4S. The van der Waals surface area contributed by atoms with Gasteiger partial charge in [0.15, 0.2) is 0 Å². The van der Waals surface area contributed by atoms with Gasteiger partial charge in [-0.15, -0.1) is 0 Å². The normalized spacial score (nSPS) is 13.2. The van der Waals surface area contributed by atoms with Crippen molar-refractivity contribution < 1.29 is 0 Å². The van der Waals surface area contributed by atoms with E-state index >= 15 is 0 Å². The van der Waals surface area contributed by atoms with E-state index in [9.17, 15) is 0 Å². The van der Waals surface area contributed by atoms with Crippen LogP contribution in [0.2, 0.25) is 0 Å². The Bertz CT molecular complexity index is 258. The van der Waals surface area contributed by atoms with Gasteiger partial charge in [0, 0.05) is 17.6 Å². The average molecular weight is 200 g/mol. The number of hydrogen-bond donors (Lipinski definition) is 2. The summed E-state index contributed by atoms with van der Waals surface area (Å²) in [6.45, 7) is 6.53. The molecule has 0 spiro atoms. The fraction of sp³-hybridized carbons (Fsp3) is 0.750. The van der Waals surface area contributed by atoms with Gasteiger partial charge >= 0.3 is 0 Å². The summed E-state index contributed by atoms with van der Waals surface area (Å²) >= 11 is 1.31. The average Bonchev–Trinajstić information content (AvgIpc) is 2.46. The van der Waals surface area contributed by atoms with E-state index in [1.807, 2.05) is 0 Å². The second kappa shape index (κ2) is 4.41. The predicted octanol–water partition coefficient (Wildman–Crippen LogP) is 1.97. The van der Waals surface area contributed by atoms with Gasteiger partial charge in [0.25, 0.3) is 0 Å². The van der Waals surface area contributed by atoms with E-state index in [1.165, 1.54) is 11.5 Å². The molecule has 0 aliphatic heterocycles. The number of nitrogens with zero attached hydrogens (tertiary/aromatic N) is 2. The summed E-state index contributed by atoms with van der Waals surface area (Å²) in [4.78, 5) is 4.05. The van der Waals surface area contributed by atoms with E-state index in [1.54, 1.807) is 0 Å². The third-order valence-electron chi connectivity index (χ3n) is 2.00. The van der Waals surface area contributed by atoms with Crippen LogP contribution in [0.25, 0.3) is 0 Å². The Balaban J connectivity index is 2.56. The molecule has 1 heterocycles. The first-order valence-electron chi connectivity index (χ1n) is 4.49. The van der Waals surface area contributed by atoms with Gasteiger partial charge in [-0.1, -0.05) is 20.8 Å². The molecule has 0 aromatic carbocycles. The highest BCUT2D eigenvalue weighted by atomic mass is 32.1. The van der Waals surface area contributed by atoms with E-state index in [-0.39, 0.29) is 0 Å². The lowest BCUT2D eigenvalue weighted by Crippen LogP contribution is -2.24. The van der Waals surface area contributed by atoms with E-state index in [4.69, 9.17) is 5.73 Å². The maximum Gasteiger partial charge on any atom is 0.233 e. The molecule has 1 aromatic heterocycles. The molecule has 0 aliphatic carbocycles. The summed E-state index contributed by atoms with van der Waals surface area (Å²) in [7, 11) is 0. The minimum atomic E-state index is 0.353. The van der Waals surface area contributed by atoms with Crippen molar-refractivity contribution in [3.8, 4) is 0 Å². The molecule has 13 heavy (non-hydrogen) atoms. The monoisotopic (exact) mass is 200 g/mol. The molecule has 1 rings (SSSR count). The Morgan fingerprint density at radius 2 is 2.23 bits per heavy atom. The van der Waals surface area contributed by atoms with Gasteiger partial charge in [0.1, 0.15) is 0 Å².